The Bertz CT molecular complexity index is 755. The van der Waals surface area contributed by atoms with Gasteiger partial charge in [0.1, 0.15) is 11.5 Å². The summed E-state index contributed by atoms with van der Waals surface area (Å²) in [5, 5.41) is 5.91. The van der Waals surface area contributed by atoms with Crippen molar-refractivity contribution in [3.8, 4) is 11.3 Å². The van der Waals surface area contributed by atoms with Crippen molar-refractivity contribution in [2.45, 2.75) is 33.4 Å². The van der Waals surface area contributed by atoms with E-state index in [2.05, 4.69) is 74.6 Å². The average Bonchev–Trinajstić information content (AvgIpc) is 2.94. The Labute approximate surface area is 125 Å². The first-order valence-corrected chi connectivity index (χ1v) is 7.46. The van der Waals surface area contributed by atoms with Crippen molar-refractivity contribution in [2.24, 2.45) is 0 Å². The Balaban J connectivity index is 1.99. The van der Waals surface area contributed by atoms with E-state index in [9.17, 15) is 0 Å². The maximum Gasteiger partial charge on any atom is 0.134 e. The summed E-state index contributed by atoms with van der Waals surface area (Å²) in [4.78, 5) is 0. The second-order valence-electron chi connectivity index (χ2n) is 5.78. The van der Waals surface area contributed by atoms with Crippen LogP contribution in [0.25, 0.3) is 22.1 Å². The number of furan rings is 1. The highest BCUT2D eigenvalue weighted by Gasteiger charge is 2.09. The zero-order valence-corrected chi connectivity index (χ0v) is 12.8. The fourth-order valence-corrected chi connectivity index (χ4v) is 2.59. The molecule has 0 aliphatic rings. The van der Waals surface area contributed by atoms with Crippen LogP contribution < -0.4 is 5.32 Å². The van der Waals surface area contributed by atoms with E-state index in [1.807, 2.05) is 0 Å². The molecule has 1 aromatic heterocycles. The van der Waals surface area contributed by atoms with Gasteiger partial charge in [-0.2, -0.15) is 0 Å². The SMILES string of the molecule is Cc1ccc(-c2ccc(CNC(C)C)o2)c2ccccc12. The zero-order valence-electron chi connectivity index (χ0n) is 12.8. The molecule has 0 saturated heterocycles. The normalized spacial score (nSPS) is 11.4. The lowest BCUT2D eigenvalue weighted by molar-refractivity contribution is 0.473. The van der Waals surface area contributed by atoms with Crippen LogP contribution in [0, 0.1) is 6.92 Å². The Hall–Kier alpha value is -2.06. The second-order valence-corrected chi connectivity index (χ2v) is 5.78. The van der Waals surface area contributed by atoms with Crippen LogP contribution in [0.15, 0.2) is 52.9 Å². The number of hydrogen-bond acceptors (Lipinski definition) is 2. The highest BCUT2D eigenvalue weighted by atomic mass is 16.3. The van der Waals surface area contributed by atoms with Crippen LogP contribution in [0.5, 0.6) is 0 Å². The van der Waals surface area contributed by atoms with Gasteiger partial charge in [0.2, 0.25) is 0 Å². The molecule has 1 N–H and O–H groups in total. The van der Waals surface area contributed by atoms with Gasteiger partial charge < -0.3 is 9.73 Å². The number of hydrogen-bond donors (Lipinski definition) is 1. The molecule has 0 saturated carbocycles. The third kappa shape index (κ3) is 2.86. The quantitative estimate of drug-likeness (QED) is 0.734. The molecule has 108 valence electrons. The Morgan fingerprint density at radius 2 is 1.71 bits per heavy atom. The molecule has 2 aromatic carbocycles. The summed E-state index contributed by atoms with van der Waals surface area (Å²) in [7, 11) is 0. The van der Waals surface area contributed by atoms with Crippen molar-refractivity contribution in [1.29, 1.82) is 0 Å². The molecule has 0 aliphatic carbocycles. The van der Waals surface area contributed by atoms with Gasteiger partial charge in [0.05, 0.1) is 6.54 Å². The van der Waals surface area contributed by atoms with Crippen molar-refractivity contribution in [3.05, 3.63) is 59.9 Å². The van der Waals surface area contributed by atoms with E-state index in [0.29, 0.717) is 6.04 Å². The van der Waals surface area contributed by atoms with Crippen molar-refractivity contribution in [2.75, 3.05) is 0 Å². The van der Waals surface area contributed by atoms with E-state index < -0.39 is 0 Å². The van der Waals surface area contributed by atoms with Crippen molar-refractivity contribution in [1.82, 2.24) is 5.32 Å². The molecule has 2 heteroatoms. The number of fused-ring (bicyclic) bond motifs is 1. The van der Waals surface area contributed by atoms with Crippen molar-refractivity contribution < 1.29 is 4.42 Å². The summed E-state index contributed by atoms with van der Waals surface area (Å²) in [6, 6.07) is 17.4. The predicted molar refractivity (Wildman–Crippen MR) is 88.4 cm³/mol. The molecule has 0 fully saturated rings. The molecule has 1 heterocycles. The molecule has 3 aromatic rings. The summed E-state index contributed by atoms with van der Waals surface area (Å²) in [6.07, 6.45) is 0. The lowest BCUT2D eigenvalue weighted by atomic mass is 9.99. The number of rotatable bonds is 4. The van der Waals surface area contributed by atoms with Crippen LogP contribution in [-0.2, 0) is 6.54 Å². The van der Waals surface area contributed by atoms with Gasteiger partial charge in [-0.15, -0.1) is 0 Å². The minimum atomic E-state index is 0.457. The molecule has 3 rings (SSSR count). The monoisotopic (exact) mass is 279 g/mol. The summed E-state index contributed by atoms with van der Waals surface area (Å²) >= 11 is 0. The van der Waals surface area contributed by atoms with Gasteiger partial charge in [-0.3, -0.25) is 0 Å². The number of benzene rings is 2. The summed E-state index contributed by atoms with van der Waals surface area (Å²) < 4.78 is 6.01. The third-order valence-electron chi connectivity index (χ3n) is 3.75. The summed E-state index contributed by atoms with van der Waals surface area (Å²) in [6.45, 7) is 7.18. The van der Waals surface area contributed by atoms with E-state index in [0.717, 1.165) is 23.6 Å². The van der Waals surface area contributed by atoms with Crippen LogP contribution >= 0.6 is 0 Å². The molecular formula is C19H21NO. The first kappa shape index (κ1) is 13.9. The fourth-order valence-electron chi connectivity index (χ4n) is 2.59. The molecule has 2 nitrogen and oxygen atoms in total. The highest BCUT2D eigenvalue weighted by Crippen LogP contribution is 2.31. The largest absolute Gasteiger partial charge is 0.460 e. The predicted octanol–water partition coefficient (Wildman–Crippen LogP) is 4.91. The minimum Gasteiger partial charge on any atom is -0.460 e. The lowest BCUT2D eigenvalue weighted by Gasteiger charge is -2.07. The molecule has 0 unspecified atom stereocenters. The summed E-state index contributed by atoms with van der Waals surface area (Å²) in [5.41, 5.74) is 2.45. The minimum absolute atomic E-state index is 0.457. The third-order valence-corrected chi connectivity index (χ3v) is 3.75. The summed E-state index contributed by atoms with van der Waals surface area (Å²) in [5.74, 6) is 1.91. The highest BCUT2D eigenvalue weighted by molar-refractivity contribution is 5.97. The molecular weight excluding hydrogens is 258 g/mol. The van der Waals surface area contributed by atoms with Gasteiger partial charge in [-0.1, -0.05) is 50.2 Å². The standard InChI is InChI=1S/C19H21NO/c1-13(2)20-12-15-9-11-19(21-15)18-10-8-14(3)16-6-4-5-7-17(16)18/h4-11,13,20H,12H2,1-3H3. The van der Waals surface area contributed by atoms with Crippen LogP contribution in [0.1, 0.15) is 25.2 Å². The topological polar surface area (TPSA) is 25.2 Å². The van der Waals surface area contributed by atoms with E-state index in [1.54, 1.807) is 0 Å². The molecule has 21 heavy (non-hydrogen) atoms. The maximum absolute atomic E-state index is 6.01. The van der Waals surface area contributed by atoms with Crippen LogP contribution in [0.3, 0.4) is 0 Å². The van der Waals surface area contributed by atoms with Gasteiger partial charge in [-0.25, -0.2) is 0 Å². The molecule has 0 amide bonds. The van der Waals surface area contributed by atoms with Crippen LogP contribution in [-0.4, -0.2) is 6.04 Å². The van der Waals surface area contributed by atoms with E-state index >= 15 is 0 Å². The first-order valence-electron chi connectivity index (χ1n) is 7.46. The van der Waals surface area contributed by atoms with Crippen molar-refractivity contribution >= 4 is 10.8 Å². The van der Waals surface area contributed by atoms with E-state index in [1.165, 1.54) is 16.3 Å². The van der Waals surface area contributed by atoms with Crippen LogP contribution in [0.2, 0.25) is 0 Å². The maximum atomic E-state index is 6.01. The Morgan fingerprint density at radius 1 is 0.952 bits per heavy atom. The van der Waals surface area contributed by atoms with Gasteiger partial charge >= 0.3 is 0 Å². The molecule has 0 radical (unpaired) electrons. The fraction of sp³-hybridized carbons (Fsp3) is 0.263. The zero-order chi connectivity index (χ0) is 14.8. The first-order chi connectivity index (χ1) is 10.1. The smallest absolute Gasteiger partial charge is 0.134 e. The molecule has 0 atom stereocenters. The van der Waals surface area contributed by atoms with E-state index in [4.69, 9.17) is 4.42 Å². The average molecular weight is 279 g/mol. The van der Waals surface area contributed by atoms with Gasteiger partial charge in [0, 0.05) is 11.6 Å². The molecule has 0 aliphatic heterocycles. The number of aryl methyl sites for hydroxylation is 1. The second kappa shape index (κ2) is 5.74. The lowest BCUT2D eigenvalue weighted by Crippen LogP contribution is -2.21. The molecule has 0 bridgehead atoms. The Kier molecular flexibility index (Phi) is 3.80. The Morgan fingerprint density at radius 3 is 2.48 bits per heavy atom. The van der Waals surface area contributed by atoms with Gasteiger partial charge in [0.25, 0.3) is 0 Å². The van der Waals surface area contributed by atoms with Crippen LogP contribution in [0.4, 0.5) is 0 Å². The van der Waals surface area contributed by atoms with Crippen molar-refractivity contribution in [3.63, 3.8) is 0 Å². The molecule has 0 spiro atoms. The van der Waals surface area contributed by atoms with Gasteiger partial charge in [0.15, 0.2) is 0 Å². The van der Waals surface area contributed by atoms with Gasteiger partial charge in [-0.05, 0) is 35.4 Å². The number of nitrogens with one attached hydrogen (secondary N) is 1. The van der Waals surface area contributed by atoms with E-state index in [-0.39, 0.29) is 0 Å².